The minimum atomic E-state index is 0.378. The number of aromatic nitrogens is 3. The topological polar surface area (TPSA) is 86.0 Å². The van der Waals surface area contributed by atoms with Crippen molar-refractivity contribution in [1.29, 1.82) is 0 Å². The zero-order valence-corrected chi connectivity index (χ0v) is 10.3. The second-order valence-corrected chi connectivity index (χ2v) is 3.67. The molecule has 2 rings (SSSR count). The number of rotatable bonds is 4. The van der Waals surface area contributed by atoms with E-state index in [0.29, 0.717) is 29.8 Å². The molecule has 0 aromatic carbocycles. The lowest BCUT2D eigenvalue weighted by molar-refractivity contribution is 0.328. The first-order valence-electron chi connectivity index (χ1n) is 5.64. The van der Waals surface area contributed by atoms with Gasteiger partial charge in [0.2, 0.25) is 5.88 Å². The molecule has 0 spiro atoms. The fraction of sp³-hybridized carbons (Fsp3) is 0.250. The van der Waals surface area contributed by atoms with Gasteiger partial charge in [0, 0.05) is 6.20 Å². The number of nitrogen functional groups attached to an aromatic ring is 1. The largest absolute Gasteiger partial charge is 0.476 e. The van der Waals surface area contributed by atoms with Crippen molar-refractivity contribution in [2.24, 2.45) is 0 Å². The van der Waals surface area contributed by atoms with Gasteiger partial charge in [-0.25, -0.2) is 9.97 Å². The Kier molecular flexibility index (Phi) is 3.57. The number of hydrogen-bond donors (Lipinski definition) is 2. The lowest BCUT2D eigenvalue weighted by Gasteiger charge is -2.11. The van der Waals surface area contributed by atoms with Crippen LogP contribution in [0.4, 0.5) is 17.3 Å². The first kappa shape index (κ1) is 12.1. The molecule has 0 atom stereocenters. The molecule has 6 heteroatoms. The van der Waals surface area contributed by atoms with Gasteiger partial charge in [0.1, 0.15) is 17.8 Å². The Balaban J connectivity index is 2.30. The molecule has 2 aromatic rings. The predicted molar refractivity (Wildman–Crippen MR) is 69.9 cm³/mol. The fourth-order valence-corrected chi connectivity index (χ4v) is 1.46. The molecule has 0 amide bonds. The van der Waals surface area contributed by atoms with Crippen molar-refractivity contribution >= 4 is 17.3 Å². The van der Waals surface area contributed by atoms with Crippen LogP contribution in [0, 0.1) is 6.92 Å². The number of anilines is 3. The van der Waals surface area contributed by atoms with Gasteiger partial charge >= 0.3 is 0 Å². The third-order valence-electron chi connectivity index (χ3n) is 2.37. The van der Waals surface area contributed by atoms with Gasteiger partial charge in [-0.05, 0) is 25.5 Å². The van der Waals surface area contributed by atoms with E-state index in [0.717, 1.165) is 5.56 Å². The van der Waals surface area contributed by atoms with Crippen LogP contribution < -0.4 is 15.8 Å². The van der Waals surface area contributed by atoms with Crippen molar-refractivity contribution in [1.82, 2.24) is 15.0 Å². The van der Waals surface area contributed by atoms with Crippen LogP contribution in [0.2, 0.25) is 0 Å². The molecular formula is C12H15N5O. The smallest absolute Gasteiger partial charge is 0.242 e. The second kappa shape index (κ2) is 5.31. The molecule has 0 aliphatic heterocycles. The van der Waals surface area contributed by atoms with Crippen LogP contribution in [0.15, 0.2) is 24.7 Å². The molecule has 0 saturated heterocycles. The first-order chi connectivity index (χ1) is 8.72. The third-order valence-corrected chi connectivity index (χ3v) is 2.37. The minimum Gasteiger partial charge on any atom is -0.476 e. The van der Waals surface area contributed by atoms with Gasteiger partial charge in [0.05, 0.1) is 6.61 Å². The van der Waals surface area contributed by atoms with Crippen LogP contribution in [0.25, 0.3) is 0 Å². The Morgan fingerprint density at radius 2 is 2.11 bits per heavy atom. The highest BCUT2D eigenvalue weighted by Gasteiger charge is 2.10. The van der Waals surface area contributed by atoms with Crippen LogP contribution in [-0.2, 0) is 0 Å². The van der Waals surface area contributed by atoms with E-state index in [1.54, 1.807) is 6.20 Å². The van der Waals surface area contributed by atoms with Crippen LogP contribution in [-0.4, -0.2) is 21.6 Å². The maximum Gasteiger partial charge on any atom is 0.242 e. The van der Waals surface area contributed by atoms with E-state index < -0.39 is 0 Å². The van der Waals surface area contributed by atoms with Crippen molar-refractivity contribution in [2.45, 2.75) is 13.8 Å². The lowest BCUT2D eigenvalue weighted by atomic mass is 10.3. The Bertz CT molecular complexity index is 544. The predicted octanol–water partition coefficient (Wildman–Crippen LogP) is 1.90. The van der Waals surface area contributed by atoms with Crippen LogP contribution in [0.5, 0.6) is 5.88 Å². The summed E-state index contributed by atoms with van der Waals surface area (Å²) in [6.45, 7) is 4.33. The molecule has 6 nitrogen and oxygen atoms in total. The van der Waals surface area contributed by atoms with Crippen LogP contribution in [0.1, 0.15) is 12.5 Å². The summed E-state index contributed by atoms with van der Waals surface area (Å²) < 4.78 is 5.31. The summed E-state index contributed by atoms with van der Waals surface area (Å²) in [6, 6.07) is 3.83. The summed E-state index contributed by atoms with van der Waals surface area (Å²) in [7, 11) is 0. The van der Waals surface area contributed by atoms with Crippen LogP contribution in [0.3, 0.4) is 0 Å². The quantitative estimate of drug-likeness (QED) is 0.855. The highest BCUT2D eigenvalue weighted by molar-refractivity contribution is 5.71. The van der Waals surface area contributed by atoms with Gasteiger partial charge < -0.3 is 15.8 Å². The number of aryl methyl sites for hydroxylation is 1. The SMILES string of the molecule is CCOc1ncnc(Nc2ncccc2C)c1N. The van der Waals surface area contributed by atoms with Gasteiger partial charge in [0.15, 0.2) is 5.82 Å². The summed E-state index contributed by atoms with van der Waals surface area (Å²) in [5.41, 5.74) is 7.31. The van der Waals surface area contributed by atoms with Crippen molar-refractivity contribution < 1.29 is 4.74 Å². The van der Waals surface area contributed by atoms with E-state index in [2.05, 4.69) is 20.3 Å². The zero-order chi connectivity index (χ0) is 13.0. The number of nitrogens with two attached hydrogens (primary N) is 1. The molecule has 0 unspecified atom stereocenters. The molecular weight excluding hydrogens is 230 g/mol. The highest BCUT2D eigenvalue weighted by atomic mass is 16.5. The van der Waals surface area contributed by atoms with Gasteiger partial charge in [-0.1, -0.05) is 6.07 Å². The summed E-state index contributed by atoms with van der Waals surface area (Å²) in [5.74, 6) is 1.59. The molecule has 0 bridgehead atoms. The van der Waals surface area contributed by atoms with Crippen molar-refractivity contribution in [2.75, 3.05) is 17.7 Å². The average Bonchev–Trinajstić information content (AvgIpc) is 2.37. The van der Waals surface area contributed by atoms with Gasteiger partial charge in [-0.15, -0.1) is 0 Å². The van der Waals surface area contributed by atoms with E-state index in [1.165, 1.54) is 6.33 Å². The number of pyridine rings is 1. The summed E-state index contributed by atoms with van der Waals surface area (Å²) >= 11 is 0. The second-order valence-electron chi connectivity index (χ2n) is 3.67. The number of ether oxygens (including phenoxy) is 1. The van der Waals surface area contributed by atoms with Gasteiger partial charge in [0.25, 0.3) is 0 Å². The van der Waals surface area contributed by atoms with Crippen LogP contribution >= 0.6 is 0 Å². The van der Waals surface area contributed by atoms with E-state index in [-0.39, 0.29) is 0 Å². The van der Waals surface area contributed by atoms with E-state index in [4.69, 9.17) is 10.5 Å². The molecule has 94 valence electrons. The van der Waals surface area contributed by atoms with Gasteiger partial charge in [-0.2, -0.15) is 4.98 Å². The summed E-state index contributed by atoms with van der Waals surface area (Å²) in [6.07, 6.45) is 3.11. The average molecular weight is 245 g/mol. The molecule has 2 heterocycles. The maximum atomic E-state index is 5.93. The molecule has 3 N–H and O–H groups in total. The Hall–Kier alpha value is -2.37. The highest BCUT2D eigenvalue weighted by Crippen LogP contribution is 2.27. The molecule has 18 heavy (non-hydrogen) atoms. The molecule has 0 aliphatic rings. The summed E-state index contributed by atoms with van der Waals surface area (Å²) in [4.78, 5) is 12.3. The lowest BCUT2D eigenvalue weighted by Crippen LogP contribution is -2.06. The zero-order valence-electron chi connectivity index (χ0n) is 10.3. The summed E-state index contributed by atoms with van der Waals surface area (Å²) in [5, 5.41) is 3.07. The first-order valence-corrected chi connectivity index (χ1v) is 5.64. The maximum absolute atomic E-state index is 5.93. The molecule has 0 saturated carbocycles. The van der Waals surface area contributed by atoms with Crippen molar-refractivity contribution in [3.8, 4) is 5.88 Å². The normalized spacial score (nSPS) is 10.1. The number of nitrogens with zero attached hydrogens (tertiary/aromatic N) is 3. The minimum absolute atomic E-state index is 0.378. The van der Waals surface area contributed by atoms with Gasteiger partial charge in [-0.3, -0.25) is 0 Å². The number of hydrogen-bond acceptors (Lipinski definition) is 6. The molecule has 2 aromatic heterocycles. The van der Waals surface area contributed by atoms with E-state index >= 15 is 0 Å². The Morgan fingerprint density at radius 3 is 2.83 bits per heavy atom. The third kappa shape index (κ3) is 2.48. The van der Waals surface area contributed by atoms with Crippen molar-refractivity contribution in [3.63, 3.8) is 0 Å². The van der Waals surface area contributed by atoms with Crippen molar-refractivity contribution in [3.05, 3.63) is 30.2 Å². The Morgan fingerprint density at radius 1 is 1.28 bits per heavy atom. The standard InChI is InChI=1S/C12H15N5O/c1-3-18-12-9(13)11(15-7-16-12)17-10-8(2)5-4-6-14-10/h4-7H,3,13H2,1-2H3,(H,14,15,16,17). The van der Waals surface area contributed by atoms with E-state index in [1.807, 2.05) is 26.0 Å². The fourth-order valence-electron chi connectivity index (χ4n) is 1.46. The Labute approximate surface area is 105 Å². The monoisotopic (exact) mass is 245 g/mol. The number of nitrogens with one attached hydrogen (secondary N) is 1. The van der Waals surface area contributed by atoms with E-state index in [9.17, 15) is 0 Å². The molecule has 0 fully saturated rings. The molecule has 0 radical (unpaired) electrons. The molecule has 0 aliphatic carbocycles.